The van der Waals surface area contributed by atoms with Gasteiger partial charge in [-0.05, 0) is 207 Å². The van der Waals surface area contributed by atoms with Crippen molar-refractivity contribution < 1.29 is 23.5 Å². The van der Waals surface area contributed by atoms with E-state index in [-0.39, 0.29) is 35.5 Å². The summed E-state index contributed by atoms with van der Waals surface area (Å²) >= 11 is 0. The average molecular weight is 997 g/mol. The predicted octanol–water partition coefficient (Wildman–Crippen LogP) is 10.2. The maximum absolute atomic E-state index is 14.4. The number of rotatable bonds is 18. The Morgan fingerprint density at radius 2 is 1.32 bits per heavy atom. The Kier molecular flexibility index (Phi) is 17.7. The average Bonchev–Trinajstić information content (AvgIpc) is 3.90. The molecule has 0 aromatic heterocycles. The van der Waals surface area contributed by atoms with Crippen LogP contribution in [0.2, 0.25) is 5.04 Å². The SMILES string of the molecule is C[C@H](CCC(=O)NC1C[C@@H](C(=O)N(CCCN(C)C)CCCN(C)C)N(C(=O)OC(C)(C)C)C1)[C@H]1CCC2C3CCC4C[C@H](O[Si](c5ccccc5)(c5ccccc5)C(C)(C)C)CC[C@]4(C)C3CC[C@@]21C. The van der Waals surface area contributed by atoms with Crippen LogP contribution < -0.4 is 15.7 Å². The number of ether oxygens (including phenoxy) is 1. The number of benzene rings is 2. The molecule has 4 aliphatic carbocycles. The number of nitrogens with one attached hydrogen (secondary N) is 1. The van der Waals surface area contributed by atoms with Crippen molar-refractivity contribution in [3.05, 3.63) is 60.7 Å². The van der Waals surface area contributed by atoms with Crippen LogP contribution in [-0.2, 0) is 18.8 Å². The van der Waals surface area contributed by atoms with E-state index in [2.05, 4.69) is 117 Å². The van der Waals surface area contributed by atoms with Gasteiger partial charge in [0.1, 0.15) is 11.6 Å². The smallest absolute Gasteiger partial charge is 0.411 e. The van der Waals surface area contributed by atoms with Crippen LogP contribution in [0.1, 0.15) is 152 Å². The summed E-state index contributed by atoms with van der Waals surface area (Å²) in [5.74, 6) is 4.05. The molecule has 1 N–H and O–H groups in total. The first-order chi connectivity index (χ1) is 33.5. The summed E-state index contributed by atoms with van der Waals surface area (Å²) in [6.07, 6.45) is 14.6. The van der Waals surface area contributed by atoms with E-state index in [1.54, 1.807) is 4.90 Å². The van der Waals surface area contributed by atoms with E-state index in [0.717, 1.165) is 56.5 Å². The zero-order valence-corrected chi connectivity index (χ0v) is 47.7. The third kappa shape index (κ3) is 12.3. The molecule has 5 unspecified atom stereocenters. The molecule has 7 rings (SSSR count). The second-order valence-corrected chi connectivity index (χ2v) is 30.6. The number of hydrogen-bond donors (Lipinski definition) is 1. The number of hydrogen-bond acceptors (Lipinski definition) is 7. The van der Waals surface area contributed by atoms with Crippen molar-refractivity contribution in [1.82, 2.24) is 24.9 Å². The van der Waals surface area contributed by atoms with Crippen LogP contribution in [0.4, 0.5) is 4.79 Å². The summed E-state index contributed by atoms with van der Waals surface area (Å²) in [7, 11) is 5.57. The molecule has 11 heteroatoms. The number of carbonyl (C=O) groups is 3. The van der Waals surface area contributed by atoms with E-state index >= 15 is 0 Å². The van der Waals surface area contributed by atoms with E-state index < -0.39 is 26.1 Å². The first kappa shape index (κ1) is 55.5. The largest absolute Gasteiger partial charge is 0.444 e. The third-order valence-electron chi connectivity index (χ3n) is 18.9. The van der Waals surface area contributed by atoms with Gasteiger partial charge in [0.2, 0.25) is 11.8 Å². The number of likely N-dealkylation sites (tertiary alicyclic amines) is 1. The van der Waals surface area contributed by atoms with Crippen LogP contribution in [0.25, 0.3) is 0 Å². The molecule has 2 aromatic rings. The van der Waals surface area contributed by atoms with E-state index in [9.17, 15) is 14.4 Å². The minimum absolute atomic E-state index is 0.0199. The molecular weight excluding hydrogens is 899 g/mol. The van der Waals surface area contributed by atoms with E-state index in [1.165, 1.54) is 61.7 Å². The Morgan fingerprint density at radius 1 is 0.746 bits per heavy atom. The molecule has 5 fully saturated rings. The quantitative estimate of drug-likeness (QED) is 0.149. The van der Waals surface area contributed by atoms with Gasteiger partial charge in [0.25, 0.3) is 8.32 Å². The molecule has 10 nitrogen and oxygen atoms in total. The molecule has 1 saturated heterocycles. The van der Waals surface area contributed by atoms with Gasteiger partial charge in [-0.15, -0.1) is 0 Å². The molecule has 11 atom stereocenters. The van der Waals surface area contributed by atoms with Crippen molar-refractivity contribution in [2.75, 3.05) is 60.9 Å². The Bertz CT molecular complexity index is 2020. The van der Waals surface area contributed by atoms with Crippen LogP contribution in [0.15, 0.2) is 60.7 Å². The molecule has 3 amide bonds. The van der Waals surface area contributed by atoms with Crippen molar-refractivity contribution in [2.45, 2.75) is 181 Å². The van der Waals surface area contributed by atoms with Crippen molar-refractivity contribution in [3.8, 4) is 0 Å². The minimum atomic E-state index is -2.62. The standard InChI is InChI=1S/C60H97N5O5Si/c1-43(26-31-54(66)61-45-41-53(65(42-45)56(68)69-57(2,3)4)55(67)64(38-20-36-62(10)11)39-21-37-63(12)13)50-29-30-51-49-28-27-44-40-46(32-34-59(44,8)52(49)33-35-60(50,51)9)70-71(58(5,6)7,47-22-16-14-17-23-47)48-24-18-15-19-25-48/h14-19,22-25,43-46,49-53H,20-21,26-42H2,1-13H3,(H,61,66)/t43-,44?,45?,46-,49?,50-,51?,52?,53+,59+,60-/m1/s1. The van der Waals surface area contributed by atoms with Gasteiger partial charge in [-0.1, -0.05) is 102 Å². The molecule has 1 heterocycles. The zero-order chi connectivity index (χ0) is 51.5. The second kappa shape index (κ2) is 22.7. The Hall–Kier alpha value is -3.25. The highest BCUT2D eigenvalue weighted by Gasteiger charge is 2.61. The molecule has 0 spiro atoms. The lowest BCUT2D eigenvalue weighted by Crippen LogP contribution is -2.68. The number of carbonyl (C=O) groups excluding carboxylic acids is 3. The van der Waals surface area contributed by atoms with Gasteiger partial charge in [-0.25, -0.2) is 4.79 Å². The molecule has 71 heavy (non-hydrogen) atoms. The first-order valence-corrected chi connectivity index (χ1v) is 30.0. The fraction of sp³-hybridized carbons (Fsp3) is 0.750. The lowest BCUT2D eigenvalue weighted by atomic mass is 9.44. The predicted molar refractivity (Wildman–Crippen MR) is 292 cm³/mol. The van der Waals surface area contributed by atoms with E-state index in [1.807, 2.05) is 53.9 Å². The normalized spacial score (nSPS) is 30.4. The van der Waals surface area contributed by atoms with Crippen LogP contribution in [-0.4, -0.2) is 131 Å². The molecule has 5 aliphatic rings. The molecule has 0 radical (unpaired) electrons. The fourth-order valence-corrected chi connectivity index (χ4v) is 20.2. The van der Waals surface area contributed by atoms with Crippen LogP contribution >= 0.6 is 0 Å². The Labute approximate surface area is 432 Å². The first-order valence-electron chi connectivity index (χ1n) is 28.1. The maximum atomic E-state index is 14.4. The molecular formula is C60H97N5O5Si. The summed E-state index contributed by atoms with van der Waals surface area (Å²) in [4.78, 5) is 49.8. The van der Waals surface area contributed by atoms with Crippen molar-refractivity contribution in [2.24, 2.45) is 46.3 Å². The maximum Gasteiger partial charge on any atom is 0.411 e. The van der Waals surface area contributed by atoms with Crippen LogP contribution in [0.3, 0.4) is 0 Å². The number of fused-ring (bicyclic) bond motifs is 5. The van der Waals surface area contributed by atoms with Crippen LogP contribution in [0.5, 0.6) is 0 Å². The Balaban J connectivity index is 0.963. The lowest BCUT2D eigenvalue weighted by Gasteiger charge is -2.62. The van der Waals surface area contributed by atoms with Gasteiger partial charge in [-0.3, -0.25) is 14.5 Å². The number of amides is 3. The van der Waals surface area contributed by atoms with Gasteiger partial charge < -0.3 is 29.2 Å². The summed E-state index contributed by atoms with van der Waals surface area (Å²) in [5, 5.41) is 6.05. The van der Waals surface area contributed by atoms with Gasteiger partial charge in [0.15, 0.2) is 0 Å². The highest BCUT2D eigenvalue weighted by molar-refractivity contribution is 6.99. The summed E-state index contributed by atoms with van der Waals surface area (Å²) in [5.41, 5.74) is -0.0350. The van der Waals surface area contributed by atoms with Gasteiger partial charge in [0.05, 0.1) is 0 Å². The zero-order valence-electron chi connectivity index (χ0n) is 46.7. The minimum Gasteiger partial charge on any atom is -0.444 e. The van der Waals surface area contributed by atoms with Crippen molar-refractivity contribution in [3.63, 3.8) is 0 Å². The summed E-state index contributed by atoms with van der Waals surface area (Å²) in [6, 6.07) is 21.4. The fourth-order valence-electron chi connectivity index (χ4n) is 15.5. The van der Waals surface area contributed by atoms with Gasteiger partial charge in [0, 0.05) is 38.2 Å². The molecule has 1 aliphatic heterocycles. The third-order valence-corrected chi connectivity index (χ3v) is 24.0. The summed E-state index contributed by atoms with van der Waals surface area (Å²) in [6.45, 7) is 23.8. The van der Waals surface area contributed by atoms with Crippen molar-refractivity contribution >= 4 is 36.6 Å². The highest BCUT2D eigenvalue weighted by atomic mass is 28.4. The lowest BCUT2D eigenvalue weighted by molar-refractivity contribution is -0.136. The molecule has 0 bridgehead atoms. The molecule has 2 aromatic carbocycles. The Morgan fingerprint density at radius 3 is 1.89 bits per heavy atom. The monoisotopic (exact) mass is 996 g/mol. The van der Waals surface area contributed by atoms with E-state index in [0.29, 0.717) is 54.5 Å². The molecule has 396 valence electrons. The van der Waals surface area contributed by atoms with Gasteiger partial charge in [-0.2, -0.15) is 0 Å². The molecule has 4 saturated carbocycles. The van der Waals surface area contributed by atoms with Gasteiger partial charge >= 0.3 is 6.09 Å². The topological polar surface area (TPSA) is 94.7 Å². The highest BCUT2D eigenvalue weighted by Crippen LogP contribution is 2.68. The van der Waals surface area contributed by atoms with Crippen LogP contribution in [0, 0.1) is 46.3 Å². The summed E-state index contributed by atoms with van der Waals surface area (Å²) < 4.78 is 13.7. The van der Waals surface area contributed by atoms with E-state index in [4.69, 9.17) is 9.16 Å². The van der Waals surface area contributed by atoms with Crippen molar-refractivity contribution in [1.29, 1.82) is 0 Å². The number of nitrogens with zero attached hydrogens (tertiary/aromatic N) is 4. The second-order valence-electron chi connectivity index (χ2n) is 26.4.